The van der Waals surface area contributed by atoms with Gasteiger partial charge in [-0.05, 0) is 37.1 Å². The average molecular weight is 270 g/mol. The summed E-state index contributed by atoms with van der Waals surface area (Å²) in [6.45, 7) is 14.9. The molecule has 0 saturated carbocycles. The number of methoxy groups -OCH3 is 1. The zero-order valence-corrected chi connectivity index (χ0v) is 13.7. The van der Waals surface area contributed by atoms with Gasteiger partial charge in [-0.15, -0.1) is 0 Å². The Morgan fingerprint density at radius 1 is 1.26 bits per heavy atom. The fraction of sp³-hybridized carbons (Fsp3) is 1.00. The minimum absolute atomic E-state index is 0.455. The Kier molecular flexibility index (Phi) is 7.33. The summed E-state index contributed by atoms with van der Waals surface area (Å²) in [5, 5.41) is 3.57. The minimum Gasteiger partial charge on any atom is -0.383 e. The number of nitrogens with one attached hydrogen (secondary N) is 1. The first-order valence-corrected chi connectivity index (χ1v) is 8.03. The van der Waals surface area contributed by atoms with Crippen LogP contribution in [-0.2, 0) is 4.74 Å². The Morgan fingerprint density at radius 2 is 1.95 bits per heavy atom. The van der Waals surface area contributed by atoms with Gasteiger partial charge in [0.15, 0.2) is 0 Å². The summed E-state index contributed by atoms with van der Waals surface area (Å²) in [6, 6.07) is 0.700. The standard InChI is InChI=1S/C16H34N2O/c1-6-15(7-2)18(10-11-19-5)13-16(14(3)4)8-9-17-12-16/h14-15,17H,6-13H2,1-5H3. The van der Waals surface area contributed by atoms with Crippen molar-refractivity contribution in [1.29, 1.82) is 0 Å². The van der Waals surface area contributed by atoms with E-state index in [1.54, 1.807) is 7.11 Å². The molecule has 114 valence electrons. The normalized spacial score (nSPS) is 24.0. The van der Waals surface area contributed by atoms with E-state index in [9.17, 15) is 0 Å². The summed E-state index contributed by atoms with van der Waals surface area (Å²) >= 11 is 0. The Balaban J connectivity index is 2.73. The monoisotopic (exact) mass is 270 g/mol. The Morgan fingerprint density at radius 3 is 2.37 bits per heavy atom. The Labute approximate surface area is 120 Å². The van der Waals surface area contributed by atoms with Crippen molar-refractivity contribution in [2.45, 2.75) is 53.0 Å². The van der Waals surface area contributed by atoms with E-state index in [4.69, 9.17) is 4.74 Å². The smallest absolute Gasteiger partial charge is 0.0589 e. The van der Waals surface area contributed by atoms with Gasteiger partial charge in [0.25, 0.3) is 0 Å². The van der Waals surface area contributed by atoms with Crippen LogP contribution in [0.15, 0.2) is 0 Å². The second-order valence-corrected chi connectivity index (χ2v) is 6.38. The van der Waals surface area contributed by atoms with Crippen LogP contribution in [0.4, 0.5) is 0 Å². The first kappa shape index (κ1) is 16.9. The number of nitrogens with zero attached hydrogens (tertiary/aromatic N) is 1. The van der Waals surface area contributed by atoms with Crippen molar-refractivity contribution in [3.05, 3.63) is 0 Å². The van der Waals surface area contributed by atoms with Crippen molar-refractivity contribution in [3.63, 3.8) is 0 Å². The molecule has 3 heteroatoms. The van der Waals surface area contributed by atoms with Crippen molar-refractivity contribution < 1.29 is 4.74 Å². The molecule has 0 bridgehead atoms. The second-order valence-electron chi connectivity index (χ2n) is 6.38. The second kappa shape index (κ2) is 8.23. The highest BCUT2D eigenvalue weighted by atomic mass is 16.5. The van der Waals surface area contributed by atoms with Gasteiger partial charge in [-0.2, -0.15) is 0 Å². The van der Waals surface area contributed by atoms with Gasteiger partial charge in [0.1, 0.15) is 0 Å². The van der Waals surface area contributed by atoms with E-state index < -0.39 is 0 Å². The number of rotatable bonds is 9. The molecule has 0 aliphatic carbocycles. The summed E-state index contributed by atoms with van der Waals surface area (Å²) < 4.78 is 5.31. The van der Waals surface area contributed by atoms with Crippen LogP contribution < -0.4 is 5.32 Å². The molecule has 0 radical (unpaired) electrons. The maximum Gasteiger partial charge on any atom is 0.0589 e. The summed E-state index contributed by atoms with van der Waals surface area (Å²) in [5.74, 6) is 0.738. The van der Waals surface area contributed by atoms with Crippen LogP contribution >= 0.6 is 0 Å². The maximum absolute atomic E-state index is 5.31. The fourth-order valence-electron chi connectivity index (χ4n) is 3.38. The van der Waals surface area contributed by atoms with E-state index in [2.05, 4.69) is 37.9 Å². The van der Waals surface area contributed by atoms with Gasteiger partial charge >= 0.3 is 0 Å². The molecule has 1 fully saturated rings. The Bertz CT molecular complexity index is 233. The third-order valence-corrected chi connectivity index (χ3v) is 5.06. The van der Waals surface area contributed by atoms with E-state index >= 15 is 0 Å². The molecule has 1 aliphatic rings. The molecule has 1 heterocycles. The van der Waals surface area contributed by atoms with Crippen LogP contribution in [0.25, 0.3) is 0 Å². The molecule has 0 aromatic rings. The van der Waals surface area contributed by atoms with E-state index in [1.165, 1.54) is 38.9 Å². The SMILES string of the molecule is CCC(CC)N(CCOC)CC1(C(C)C)CCNC1. The lowest BCUT2D eigenvalue weighted by Crippen LogP contribution is -2.47. The molecular weight excluding hydrogens is 236 g/mol. The summed E-state index contributed by atoms with van der Waals surface area (Å²) in [7, 11) is 1.81. The summed E-state index contributed by atoms with van der Waals surface area (Å²) in [5.41, 5.74) is 0.455. The lowest BCUT2D eigenvalue weighted by atomic mass is 9.75. The molecule has 1 saturated heterocycles. The highest BCUT2D eigenvalue weighted by Crippen LogP contribution is 2.35. The van der Waals surface area contributed by atoms with Gasteiger partial charge in [-0.25, -0.2) is 0 Å². The van der Waals surface area contributed by atoms with E-state index in [0.717, 1.165) is 19.1 Å². The van der Waals surface area contributed by atoms with Gasteiger partial charge in [0, 0.05) is 32.8 Å². The van der Waals surface area contributed by atoms with Crippen LogP contribution in [-0.4, -0.2) is 50.8 Å². The summed E-state index contributed by atoms with van der Waals surface area (Å²) in [6.07, 6.45) is 3.79. The Hall–Kier alpha value is -0.120. The first-order chi connectivity index (χ1) is 9.09. The molecule has 0 aromatic heterocycles. The number of ether oxygens (including phenoxy) is 1. The predicted octanol–water partition coefficient (Wildman–Crippen LogP) is 2.76. The highest BCUT2D eigenvalue weighted by molar-refractivity contribution is 4.93. The van der Waals surface area contributed by atoms with E-state index in [1.807, 2.05) is 0 Å². The van der Waals surface area contributed by atoms with Gasteiger partial charge in [0.2, 0.25) is 0 Å². The van der Waals surface area contributed by atoms with Crippen LogP contribution in [0, 0.1) is 11.3 Å². The lowest BCUT2D eigenvalue weighted by molar-refractivity contribution is 0.0565. The molecular formula is C16H34N2O. The van der Waals surface area contributed by atoms with Crippen molar-refractivity contribution in [1.82, 2.24) is 10.2 Å². The van der Waals surface area contributed by atoms with Gasteiger partial charge in [-0.3, -0.25) is 4.90 Å². The van der Waals surface area contributed by atoms with Crippen LogP contribution in [0.1, 0.15) is 47.0 Å². The van der Waals surface area contributed by atoms with Gasteiger partial charge in [-0.1, -0.05) is 27.7 Å². The van der Waals surface area contributed by atoms with Gasteiger partial charge in [0.05, 0.1) is 6.61 Å². The molecule has 1 unspecified atom stereocenters. The van der Waals surface area contributed by atoms with Crippen molar-refractivity contribution in [2.24, 2.45) is 11.3 Å². The number of hydrogen-bond donors (Lipinski definition) is 1. The first-order valence-electron chi connectivity index (χ1n) is 8.03. The molecule has 3 nitrogen and oxygen atoms in total. The zero-order valence-electron chi connectivity index (χ0n) is 13.7. The minimum atomic E-state index is 0.455. The third-order valence-electron chi connectivity index (χ3n) is 5.06. The van der Waals surface area contributed by atoms with Crippen molar-refractivity contribution in [3.8, 4) is 0 Å². The van der Waals surface area contributed by atoms with Crippen LogP contribution in [0.5, 0.6) is 0 Å². The van der Waals surface area contributed by atoms with Crippen LogP contribution in [0.3, 0.4) is 0 Å². The molecule has 1 aliphatic heterocycles. The molecule has 0 spiro atoms. The topological polar surface area (TPSA) is 24.5 Å². The molecule has 0 amide bonds. The molecule has 0 aromatic carbocycles. The third kappa shape index (κ3) is 4.44. The van der Waals surface area contributed by atoms with E-state index in [0.29, 0.717) is 11.5 Å². The van der Waals surface area contributed by atoms with Crippen molar-refractivity contribution >= 4 is 0 Å². The van der Waals surface area contributed by atoms with Crippen molar-refractivity contribution in [2.75, 3.05) is 39.9 Å². The molecule has 1 N–H and O–H groups in total. The lowest BCUT2D eigenvalue weighted by Gasteiger charge is -2.41. The predicted molar refractivity (Wildman–Crippen MR) is 82.6 cm³/mol. The zero-order chi connectivity index (χ0) is 14.3. The molecule has 1 atom stereocenters. The maximum atomic E-state index is 5.31. The average Bonchev–Trinajstić information content (AvgIpc) is 2.87. The largest absolute Gasteiger partial charge is 0.383 e. The van der Waals surface area contributed by atoms with E-state index in [-0.39, 0.29) is 0 Å². The van der Waals surface area contributed by atoms with Crippen LogP contribution in [0.2, 0.25) is 0 Å². The summed E-state index contributed by atoms with van der Waals surface area (Å²) in [4.78, 5) is 2.68. The number of hydrogen-bond acceptors (Lipinski definition) is 3. The molecule has 19 heavy (non-hydrogen) atoms. The quantitative estimate of drug-likeness (QED) is 0.697. The van der Waals surface area contributed by atoms with Gasteiger partial charge < -0.3 is 10.1 Å². The molecule has 1 rings (SSSR count). The highest BCUT2D eigenvalue weighted by Gasteiger charge is 2.39. The fourth-order valence-corrected chi connectivity index (χ4v) is 3.38.